The molecule has 2 aromatic rings. The summed E-state index contributed by atoms with van der Waals surface area (Å²) in [5.74, 6) is -0.758. The van der Waals surface area contributed by atoms with E-state index in [4.69, 9.17) is 14.0 Å². The van der Waals surface area contributed by atoms with Crippen molar-refractivity contribution in [1.82, 2.24) is 5.32 Å². The number of ether oxygens (including phenoxy) is 2. The SMILES string of the molecule is CCCc1c(OC[C@@](C)(C#N)NC(=O)c2ccc(OC(F)(F)F)cc2)ccc(C=O)c1B1OC(C)(C)C(C)(C)O1. The molecule has 0 aromatic heterocycles. The lowest BCUT2D eigenvalue weighted by molar-refractivity contribution is -0.274. The number of halogens is 3. The number of carbonyl (C=O) groups is 2. The van der Waals surface area contributed by atoms with Crippen LogP contribution in [-0.2, 0) is 15.7 Å². The van der Waals surface area contributed by atoms with Crippen LogP contribution in [0.3, 0.4) is 0 Å². The Hall–Kier alpha value is -3.56. The lowest BCUT2D eigenvalue weighted by atomic mass is 9.72. The molecule has 0 saturated carbocycles. The maximum Gasteiger partial charge on any atom is 0.573 e. The van der Waals surface area contributed by atoms with Crippen LogP contribution in [0.2, 0.25) is 0 Å². The average molecular weight is 560 g/mol. The largest absolute Gasteiger partial charge is 0.573 e. The molecule has 1 N–H and O–H groups in total. The van der Waals surface area contributed by atoms with Gasteiger partial charge in [0.1, 0.15) is 24.4 Å². The fourth-order valence-electron chi connectivity index (χ4n) is 4.10. The van der Waals surface area contributed by atoms with E-state index in [1.165, 1.54) is 6.92 Å². The molecule has 1 aliphatic rings. The van der Waals surface area contributed by atoms with E-state index in [9.17, 15) is 28.0 Å². The molecule has 0 aliphatic carbocycles. The van der Waals surface area contributed by atoms with Crippen molar-refractivity contribution in [3.8, 4) is 17.6 Å². The first-order chi connectivity index (χ1) is 18.5. The first-order valence-electron chi connectivity index (χ1n) is 12.7. The molecule has 40 heavy (non-hydrogen) atoms. The van der Waals surface area contributed by atoms with Crippen molar-refractivity contribution in [2.24, 2.45) is 0 Å². The summed E-state index contributed by atoms with van der Waals surface area (Å²) >= 11 is 0. The van der Waals surface area contributed by atoms with Crippen molar-refractivity contribution in [2.75, 3.05) is 6.61 Å². The summed E-state index contributed by atoms with van der Waals surface area (Å²) in [6, 6.07) is 9.56. The Kier molecular flexibility index (Phi) is 8.91. The van der Waals surface area contributed by atoms with Crippen LogP contribution in [0.5, 0.6) is 11.5 Å². The van der Waals surface area contributed by atoms with Gasteiger partial charge in [-0.05, 0) is 88.5 Å². The predicted molar refractivity (Wildman–Crippen MR) is 142 cm³/mol. The zero-order valence-corrected chi connectivity index (χ0v) is 23.3. The van der Waals surface area contributed by atoms with Gasteiger partial charge in [-0.25, -0.2) is 0 Å². The Bertz CT molecular complexity index is 1270. The van der Waals surface area contributed by atoms with Gasteiger partial charge in [0.15, 0.2) is 5.54 Å². The number of nitrogens with zero attached hydrogens (tertiary/aromatic N) is 1. The molecule has 214 valence electrons. The third-order valence-corrected chi connectivity index (χ3v) is 6.97. The quantitative estimate of drug-likeness (QED) is 0.331. The number of aldehydes is 1. The fourth-order valence-corrected chi connectivity index (χ4v) is 4.10. The van der Waals surface area contributed by atoms with E-state index < -0.39 is 41.9 Å². The third-order valence-electron chi connectivity index (χ3n) is 6.97. The fraction of sp³-hybridized carbons (Fsp3) is 0.464. The summed E-state index contributed by atoms with van der Waals surface area (Å²) < 4.78 is 59.5. The number of carbonyl (C=O) groups excluding carboxylic acids is 2. The second-order valence-corrected chi connectivity index (χ2v) is 10.8. The van der Waals surface area contributed by atoms with E-state index in [0.717, 1.165) is 30.6 Å². The molecule has 0 radical (unpaired) electrons. The molecule has 0 unspecified atom stereocenters. The molecule has 1 aliphatic heterocycles. The highest BCUT2D eigenvalue weighted by Gasteiger charge is 2.53. The van der Waals surface area contributed by atoms with Crippen LogP contribution in [0.25, 0.3) is 0 Å². The van der Waals surface area contributed by atoms with Gasteiger partial charge in [0.2, 0.25) is 0 Å². The Labute approximate surface area is 231 Å². The minimum Gasteiger partial charge on any atom is -0.490 e. The van der Waals surface area contributed by atoms with Gasteiger partial charge in [0.25, 0.3) is 5.91 Å². The van der Waals surface area contributed by atoms with Crippen LogP contribution in [-0.4, -0.2) is 49.0 Å². The molecule has 12 heteroatoms. The lowest BCUT2D eigenvalue weighted by Crippen LogP contribution is -2.49. The molecule has 0 bridgehead atoms. The summed E-state index contributed by atoms with van der Waals surface area (Å²) in [5.41, 5.74) is -1.12. The number of rotatable bonds is 10. The van der Waals surface area contributed by atoms with E-state index in [1.807, 2.05) is 40.7 Å². The van der Waals surface area contributed by atoms with E-state index in [1.54, 1.807) is 12.1 Å². The molecule has 1 fully saturated rings. The number of alkyl halides is 3. The van der Waals surface area contributed by atoms with Crippen LogP contribution < -0.4 is 20.3 Å². The Balaban J connectivity index is 1.83. The van der Waals surface area contributed by atoms with Crippen LogP contribution in [0.15, 0.2) is 36.4 Å². The topological polar surface area (TPSA) is 107 Å². The Morgan fingerprint density at radius 1 is 1.10 bits per heavy atom. The smallest absolute Gasteiger partial charge is 0.490 e. The number of amides is 1. The molecular weight excluding hydrogens is 528 g/mol. The van der Waals surface area contributed by atoms with Crippen molar-refractivity contribution >= 4 is 24.8 Å². The van der Waals surface area contributed by atoms with Gasteiger partial charge in [-0.1, -0.05) is 13.3 Å². The van der Waals surface area contributed by atoms with Gasteiger partial charge in [0.05, 0.1) is 17.3 Å². The summed E-state index contributed by atoms with van der Waals surface area (Å²) in [7, 11) is -0.818. The highest BCUT2D eigenvalue weighted by Crippen LogP contribution is 2.37. The maximum absolute atomic E-state index is 12.8. The summed E-state index contributed by atoms with van der Waals surface area (Å²) in [6.45, 7) is 10.8. The first kappa shape index (κ1) is 31.0. The monoisotopic (exact) mass is 560 g/mol. The highest BCUT2D eigenvalue weighted by atomic mass is 19.4. The Morgan fingerprint density at radius 2 is 1.70 bits per heavy atom. The van der Waals surface area contributed by atoms with E-state index in [2.05, 4.69) is 10.1 Å². The molecule has 0 spiro atoms. The minimum atomic E-state index is -4.86. The Morgan fingerprint density at radius 3 is 2.20 bits per heavy atom. The van der Waals surface area contributed by atoms with Crippen molar-refractivity contribution in [2.45, 2.75) is 77.5 Å². The van der Waals surface area contributed by atoms with Crippen molar-refractivity contribution < 1.29 is 41.5 Å². The third kappa shape index (κ3) is 6.95. The van der Waals surface area contributed by atoms with E-state index in [-0.39, 0.29) is 12.2 Å². The molecule has 1 saturated heterocycles. The van der Waals surface area contributed by atoms with Crippen molar-refractivity contribution in [1.29, 1.82) is 5.26 Å². The summed E-state index contributed by atoms with van der Waals surface area (Å²) in [4.78, 5) is 24.8. The summed E-state index contributed by atoms with van der Waals surface area (Å²) in [6.07, 6.45) is -2.89. The van der Waals surface area contributed by atoms with Gasteiger partial charge < -0.3 is 24.1 Å². The molecule has 1 amide bonds. The van der Waals surface area contributed by atoms with Crippen molar-refractivity contribution in [3.63, 3.8) is 0 Å². The van der Waals surface area contributed by atoms with Gasteiger partial charge in [-0.2, -0.15) is 5.26 Å². The number of hydrogen-bond donors (Lipinski definition) is 1. The van der Waals surface area contributed by atoms with Gasteiger partial charge in [-0.15, -0.1) is 13.2 Å². The first-order valence-corrected chi connectivity index (χ1v) is 12.7. The number of benzene rings is 2. The second kappa shape index (κ2) is 11.5. The van der Waals surface area contributed by atoms with E-state index in [0.29, 0.717) is 35.2 Å². The lowest BCUT2D eigenvalue weighted by Gasteiger charge is -2.32. The van der Waals surface area contributed by atoms with Crippen LogP contribution in [0.4, 0.5) is 13.2 Å². The average Bonchev–Trinajstić information content (AvgIpc) is 3.08. The number of nitrogens with one attached hydrogen (secondary N) is 1. The van der Waals surface area contributed by atoms with Gasteiger partial charge in [-0.3, -0.25) is 9.59 Å². The minimum absolute atomic E-state index is 0.0288. The molecule has 2 aromatic carbocycles. The zero-order valence-electron chi connectivity index (χ0n) is 23.3. The van der Waals surface area contributed by atoms with Crippen LogP contribution in [0, 0.1) is 11.3 Å². The molecule has 1 heterocycles. The van der Waals surface area contributed by atoms with E-state index >= 15 is 0 Å². The normalized spacial score (nSPS) is 17.4. The number of nitriles is 1. The molecule has 1 atom stereocenters. The second-order valence-electron chi connectivity index (χ2n) is 10.8. The predicted octanol–water partition coefficient (Wildman–Crippen LogP) is 4.74. The molecule has 8 nitrogen and oxygen atoms in total. The standard InChI is InChI=1S/C28H32BF3N2O6/c1-7-8-21-22(14-11-19(15-35)23(21)29-39-25(2,3)26(4,5)40-29)37-17-27(6,16-33)34-24(36)18-9-12-20(13-10-18)38-28(30,31)32/h9-15H,7-8,17H2,1-6H3,(H,34,36)/t27-/m1/s1. The molecule has 3 rings (SSSR count). The van der Waals surface area contributed by atoms with Gasteiger partial charge in [0, 0.05) is 11.1 Å². The maximum atomic E-state index is 12.8. The zero-order chi connectivity index (χ0) is 29.9. The highest BCUT2D eigenvalue weighted by molar-refractivity contribution is 6.64. The number of hydrogen-bond acceptors (Lipinski definition) is 7. The van der Waals surface area contributed by atoms with Crippen LogP contribution in [0.1, 0.15) is 74.2 Å². The van der Waals surface area contributed by atoms with Crippen LogP contribution >= 0.6 is 0 Å². The van der Waals surface area contributed by atoms with Crippen molar-refractivity contribution in [3.05, 3.63) is 53.1 Å². The summed E-state index contributed by atoms with van der Waals surface area (Å²) in [5, 5.41) is 12.4. The molecular formula is C28H32BF3N2O6. The van der Waals surface area contributed by atoms with Gasteiger partial charge >= 0.3 is 13.5 Å².